The van der Waals surface area contributed by atoms with E-state index in [1.807, 2.05) is 41.3 Å². The summed E-state index contributed by atoms with van der Waals surface area (Å²) >= 11 is 2.98. The molecule has 2 aromatic heterocycles. The van der Waals surface area contributed by atoms with Crippen LogP contribution in [0.15, 0.2) is 34.8 Å². The van der Waals surface area contributed by atoms with E-state index in [9.17, 15) is 4.79 Å². The van der Waals surface area contributed by atoms with Gasteiger partial charge in [0, 0.05) is 16.6 Å². The molecule has 0 bridgehead atoms. The van der Waals surface area contributed by atoms with Gasteiger partial charge in [-0.05, 0) is 42.3 Å². The highest BCUT2D eigenvalue weighted by Gasteiger charge is 2.28. The minimum atomic E-state index is -0.0763. The van der Waals surface area contributed by atoms with Crippen molar-refractivity contribution < 1.29 is 4.79 Å². The normalized spacial score (nSPS) is 13.8. The fourth-order valence-corrected chi connectivity index (χ4v) is 3.74. The van der Waals surface area contributed by atoms with Crippen molar-refractivity contribution in [3.8, 4) is 11.3 Å². The van der Waals surface area contributed by atoms with Crippen molar-refractivity contribution in [1.29, 1.82) is 0 Å². The van der Waals surface area contributed by atoms with Gasteiger partial charge in [-0.1, -0.05) is 23.9 Å². The maximum Gasteiger partial charge on any atom is 0.234 e. The number of thioether (sulfide) groups is 1. The summed E-state index contributed by atoms with van der Waals surface area (Å²) in [5.41, 5.74) is 2.77. The summed E-state index contributed by atoms with van der Waals surface area (Å²) in [5, 5.41) is 18.3. The van der Waals surface area contributed by atoms with Crippen molar-refractivity contribution in [2.45, 2.75) is 31.0 Å². The number of carbonyl (C=O) groups excluding carboxylic acids is 1. The predicted molar refractivity (Wildman–Crippen MR) is 97.7 cm³/mol. The Morgan fingerprint density at radius 1 is 1.36 bits per heavy atom. The second-order valence-corrected chi connectivity index (χ2v) is 7.81. The van der Waals surface area contributed by atoms with Crippen LogP contribution in [0, 0.1) is 6.92 Å². The van der Waals surface area contributed by atoms with Crippen LogP contribution in [0.3, 0.4) is 0 Å². The van der Waals surface area contributed by atoms with Crippen molar-refractivity contribution in [2.24, 2.45) is 0 Å². The van der Waals surface area contributed by atoms with Gasteiger partial charge in [0.25, 0.3) is 0 Å². The smallest absolute Gasteiger partial charge is 0.234 e. The number of rotatable bonds is 6. The summed E-state index contributed by atoms with van der Waals surface area (Å²) in [6, 6.07) is 8.11. The molecule has 0 unspecified atom stereocenters. The molecule has 7 nitrogen and oxygen atoms in total. The first-order valence-electron chi connectivity index (χ1n) is 7.92. The summed E-state index contributed by atoms with van der Waals surface area (Å²) in [4.78, 5) is 16.6. The lowest BCUT2D eigenvalue weighted by Crippen LogP contribution is -2.14. The van der Waals surface area contributed by atoms with Gasteiger partial charge >= 0.3 is 0 Å². The Morgan fingerprint density at radius 3 is 2.84 bits per heavy atom. The zero-order valence-electron chi connectivity index (χ0n) is 13.5. The minimum absolute atomic E-state index is 0.0763. The van der Waals surface area contributed by atoms with Crippen molar-refractivity contribution >= 4 is 34.7 Å². The Bertz CT molecular complexity index is 884. The van der Waals surface area contributed by atoms with Gasteiger partial charge in [0.15, 0.2) is 0 Å². The van der Waals surface area contributed by atoms with Gasteiger partial charge in [-0.3, -0.25) is 4.79 Å². The van der Waals surface area contributed by atoms with E-state index in [0.717, 1.165) is 34.8 Å². The Kier molecular flexibility index (Phi) is 4.50. The van der Waals surface area contributed by atoms with E-state index in [2.05, 4.69) is 25.8 Å². The molecule has 0 spiro atoms. The molecule has 1 N–H and O–H groups in total. The Morgan fingerprint density at radius 2 is 2.16 bits per heavy atom. The molecule has 0 aliphatic heterocycles. The lowest BCUT2D eigenvalue weighted by atomic mass is 10.1. The number of benzene rings is 1. The number of amides is 1. The SMILES string of the molecule is Cc1nc(-c2ccc(NC(=O)CSc3nnnn3C3CC3)cc2)cs1. The highest BCUT2D eigenvalue weighted by Crippen LogP contribution is 2.36. The van der Waals surface area contributed by atoms with Gasteiger partial charge in [-0.15, -0.1) is 16.4 Å². The summed E-state index contributed by atoms with van der Waals surface area (Å²) in [6.07, 6.45) is 2.21. The molecular weight excluding hydrogens is 356 g/mol. The Labute approximate surface area is 152 Å². The van der Waals surface area contributed by atoms with Gasteiger partial charge in [0.2, 0.25) is 11.1 Å². The van der Waals surface area contributed by atoms with Crippen LogP contribution in [-0.2, 0) is 4.79 Å². The molecule has 1 aliphatic rings. The molecule has 128 valence electrons. The molecule has 1 fully saturated rings. The molecule has 0 atom stereocenters. The number of tetrazole rings is 1. The third-order valence-electron chi connectivity index (χ3n) is 3.77. The average molecular weight is 372 g/mol. The molecule has 1 aromatic carbocycles. The van der Waals surface area contributed by atoms with Crippen LogP contribution < -0.4 is 5.32 Å². The summed E-state index contributed by atoms with van der Waals surface area (Å²) < 4.78 is 1.81. The van der Waals surface area contributed by atoms with Crippen molar-refractivity contribution in [3.05, 3.63) is 34.7 Å². The fourth-order valence-electron chi connectivity index (χ4n) is 2.38. The fraction of sp³-hybridized carbons (Fsp3) is 0.312. The highest BCUT2D eigenvalue weighted by molar-refractivity contribution is 7.99. The second kappa shape index (κ2) is 6.93. The first kappa shape index (κ1) is 16.2. The zero-order chi connectivity index (χ0) is 17.2. The lowest BCUT2D eigenvalue weighted by Gasteiger charge is -2.06. The Balaban J connectivity index is 1.33. The Hall–Kier alpha value is -2.26. The van der Waals surface area contributed by atoms with E-state index in [1.165, 1.54) is 11.8 Å². The highest BCUT2D eigenvalue weighted by atomic mass is 32.2. The standard InChI is InChI=1S/C16H16N6OS2/c1-10-17-14(8-24-10)11-2-4-12(5-3-11)18-15(23)9-25-16-19-20-21-22(16)13-6-7-13/h2-5,8,13H,6-7,9H2,1H3,(H,18,23). The number of thiazole rings is 1. The largest absolute Gasteiger partial charge is 0.325 e. The third kappa shape index (κ3) is 3.88. The molecule has 4 rings (SSSR count). The number of hydrogen-bond acceptors (Lipinski definition) is 7. The summed E-state index contributed by atoms with van der Waals surface area (Å²) in [6.45, 7) is 1.99. The maximum absolute atomic E-state index is 12.1. The second-order valence-electron chi connectivity index (χ2n) is 5.80. The monoisotopic (exact) mass is 372 g/mol. The van der Waals surface area contributed by atoms with E-state index < -0.39 is 0 Å². The number of hydrogen-bond donors (Lipinski definition) is 1. The van der Waals surface area contributed by atoms with Crippen LogP contribution in [0.2, 0.25) is 0 Å². The molecule has 0 radical (unpaired) electrons. The molecule has 1 saturated carbocycles. The third-order valence-corrected chi connectivity index (χ3v) is 5.48. The van der Waals surface area contributed by atoms with E-state index >= 15 is 0 Å². The number of nitrogens with one attached hydrogen (secondary N) is 1. The van der Waals surface area contributed by atoms with Gasteiger partial charge < -0.3 is 5.32 Å². The maximum atomic E-state index is 12.1. The number of carbonyl (C=O) groups is 1. The van der Waals surface area contributed by atoms with E-state index in [0.29, 0.717) is 11.2 Å². The molecule has 1 amide bonds. The molecule has 1 aliphatic carbocycles. The number of aromatic nitrogens is 5. The van der Waals surface area contributed by atoms with E-state index in [4.69, 9.17) is 0 Å². The van der Waals surface area contributed by atoms with E-state index in [1.54, 1.807) is 11.3 Å². The number of aryl methyl sites for hydroxylation is 1. The lowest BCUT2D eigenvalue weighted by molar-refractivity contribution is -0.113. The first-order valence-corrected chi connectivity index (χ1v) is 9.78. The predicted octanol–water partition coefficient (Wildman–Crippen LogP) is 3.17. The van der Waals surface area contributed by atoms with Crippen LogP contribution in [0.5, 0.6) is 0 Å². The van der Waals surface area contributed by atoms with Crippen LogP contribution in [0.1, 0.15) is 23.9 Å². The number of anilines is 1. The summed E-state index contributed by atoms with van der Waals surface area (Å²) in [7, 11) is 0. The molecular formula is C16H16N6OS2. The molecule has 3 aromatic rings. The van der Waals surface area contributed by atoms with Crippen LogP contribution in [-0.4, -0.2) is 36.9 Å². The average Bonchev–Trinajstić information content (AvgIpc) is 3.19. The van der Waals surface area contributed by atoms with Crippen LogP contribution in [0.4, 0.5) is 5.69 Å². The van der Waals surface area contributed by atoms with Crippen LogP contribution >= 0.6 is 23.1 Å². The number of nitrogens with zero attached hydrogens (tertiary/aromatic N) is 5. The van der Waals surface area contributed by atoms with Crippen molar-refractivity contribution in [2.75, 3.05) is 11.1 Å². The van der Waals surface area contributed by atoms with Gasteiger partial charge in [0.1, 0.15) is 0 Å². The van der Waals surface area contributed by atoms with Gasteiger partial charge in [-0.25, -0.2) is 9.67 Å². The summed E-state index contributed by atoms with van der Waals surface area (Å²) in [5.74, 6) is 0.202. The van der Waals surface area contributed by atoms with Gasteiger partial charge in [0.05, 0.1) is 22.5 Å². The first-order chi connectivity index (χ1) is 12.2. The molecule has 9 heteroatoms. The topological polar surface area (TPSA) is 85.6 Å². The quantitative estimate of drug-likeness (QED) is 0.669. The molecule has 0 saturated heterocycles. The zero-order valence-corrected chi connectivity index (χ0v) is 15.2. The van der Waals surface area contributed by atoms with E-state index in [-0.39, 0.29) is 11.7 Å². The molecule has 25 heavy (non-hydrogen) atoms. The molecule has 2 heterocycles. The van der Waals surface area contributed by atoms with Gasteiger partial charge in [-0.2, -0.15) is 0 Å². The van der Waals surface area contributed by atoms with Crippen molar-refractivity contribution in [3.63, 3.8) is 0 Å². The minimum Gasteiger partial charge on any atom is -0.325 e. The van der Waals surface area contributed by atoms with Crippen molar-refractivity contribution in [1.82, 2.24) is 25.2 Å². The van der Waals surface area contributed by atoms with Crippen LogP contribution in [0.25, 0.3) is 11.3 Å².